The molecule has 3 rings (SSSR count). The van der Waals surface area contributed by atoms with E-state index in [1.165, 1.54) is 0 Å². The third kappa shape index (κ3) is 4.27. The van der Waals surface area contributed by atoms with Crippen molar-refractivity contribution in [2.45, 2.75) is 33.1 Å². The highest BCUT2D eigenvalue weighted by molar-refractivity contribution is 5.76. The Morgan fingerprint density at radius 1 is 1.12 bits per heavy atom. The van der Waals surface area contributed by atoms with Crippen LogP contribution in [0.4, 0.5) is 0 Å². The number of hydrogen-bond donors (Lipinski definition) is 1. The second kappa shape index (κ2) is 7.97. The van der Waals surface area contributed by atoms with Crippen LogP contribution in [0.25, 0.3) is 16.9 Å². The highest BCUT2D eigenvalue weighted by Gasteiger charge is 2.14. The molecule has 0 aliphatic carbocycles. The minimum absolute atomic E-state index is 0.102. The number of rotatable bonds is 7. The van der Waals surface area contributed by atoms with Crippen LogP contribution in [0.3, 0.4) is 0 Å². The third-order valence-corrected chi connectivity index (χ3v) is 4.31. The van der Waals surface area contributed by atoms with E-state index in [4.69, 9.17) is 4.98 Å². The van der Waals surface area contributed by atoms with E-state index in [9.17, 15) is 4.79 Å². The van der Waals surface area contributed by atoms with Gasteiger partial charge in [-0.25, -0.2) is 4.98 Å². The van der Waals surface area contributed by atoms with Crippen molar-refractivity contribution in [3.63, 3.8) is 0 Å². The van der Waals surface area contributed by atoms with Gasteiger partial charge in [-0.15, -0.1) is 0 Å². The van der Waals surface area contributed by atoms with Crippen LogP contribution in [0.1, 0.15) is 32.4 Å². The van der Waals surface area contributed by atoms with Crippen molar-refractivity contribution >= 4 is 11.6 Å². The lowest BCUT2D eigenvalue weighted by Crippen LogP contribution is -2.25. The minimum Gasteiger partial charge on any atom is -0.356 e. The van der Waals surface area contributed by atoms with Gasteiger partial charge >= 0.3 is 0 Å². The van der Waals surface area contributed by atoms with E-state index in [1.54, 1.807) is 0 Å². The van der Waals surface area contributed by atoms with Gasteiger partial charge < -0.3 is 9.72 Å². The SMILES string of the molecule is CC(C)CCNC(=O)CCc1c(-c2ccccc2)nc2ccccn12. The molecule has 2 heterocycles. The van der Waals surface area contributed by atoms with Crippen molar-refractivity contribution in [3.05, 3.63) is 60.4 Å². The summed E-state index contributed by atoms with van der Waals surface area (Å²) in [5.74, 6) is 0.703. The summed E-state index contributed by atoms with van der Waals surface area (Å²) in [6, 6.07) is 16.1. The summed E-state index contributed by atoms with van der Waals surface area (Å²) >= 11 is 0. The molecule has 0 unspecified atom stereocenters. The number of fused-ring (bicyclic) bond motifs is 1. The Hall–Kier alpha value is -2.62. The van der Waals surface area contributed by atoms with Crippen molar-refractivity contribution in [3.8, 4) is 11.3 Å². The van der Waals surface area contributed by atoms with Crippen LogP contribution >= 0.6 is 0 Å². The summed E-state index contributed by atoms with van der Waals surface area (Å²) in [7, 11) is 0. The van der Waals surface area contributed by atoms with Crippen molar-refractivity contribution in [1.82, 2.24) is 14.7 Å². The zero-order chi connectivity index (χ0) is 17.6. The van der Waals surface area contributed by atoms with E-state index >= 15 is 0 Å². The van der Waals surface area contributed by atoms with Crippen LogP contribution in [-0.4, -0.2) is 21.8 Å². The number of carbonyl (C=O) groups is 1. The largest absolute Gasteiger partial charge is 0.356 e. The van der Waals surface area contributed by atoms with E-state index in [2.05, 4.69) is 35.7 Å². The number of benzene rings is 1. The van der Waals surface area contributed by atoms with Gasteiger partial charge in [-0.05, 0) is 30.9 Å². The Kier molecular flexibility index (Phi) is 5.49. The maximum Gasteiger partial charge on any atom is 0.220 e. The van der Waals surface area contributed by atoms with Gasteiger partial charge in [-0.3, -0.25) is 4.79 Å². The van der Waals surface area contributed by atoms with Gasteiger partial charge in [0.2, 0.25) is 5.91 Å². The first-order chi connectivity index (χ1) is 12.1. The molecule has 1 aromatic carbocycles. The van der Waals surface area contributed by atoms with Crippen LogP contribution in [0.15, 0.2) is 54.7 Å². The summed E-state index contributed by atoms with van der Waals surface area (Å²) < 4.78 is 2.09. The molecule has 25 heavy (non-hydrogen) atoms. The van der Waals surface area contributed by atoms with Gasteiger partial charge in [-0.1, -0.05) is 50.2 Å². The van der Waals surface area contributed by atoms with E-state index < -0.39 is 0 Å². The normalized spacial score (nSPS) is 11.2. The Morgan fingerprint density at radius 2 is 1.88 bits per heavy atom. The molecule has 0 spiro atoms. The molecule has 0 aliphatic rings. The topological polar surface area (TPSA) is 46.4 Å². The lowest BCUT2D eigenvalue weighted by atomic mass is 10.1. The number of aryl methyl sites for hydroxylation is 1. The molecular formula is C21H25N3O. The Bertz CT molecular complexity index is 837. The first-order valence-corrected chi connectivity index (χ1v) is 8.93. The molecule has 0 bridgehead atoms. The molecule has 4 heteroatoms. The summed E-state index contributed by atoms with van der Waals surface area (Å²) in [5.41, 5.74) is 4.04. The molecule has 0 fully saturated rings. The number of aromatic nitrogens is 2. The number of carbonyl (C=O) groups excluding carboxylic acids is 1. The van der Waals surface area contributed by atoms with E-state index in [0.717, 1.165) is 35.6 Å². The number of nitrogens with one attached hydrogen (secondary N) is 1. The maximum atomic E-state index is 12.2. The van der Waals surface area contributed by atoms with Gasteiger partial charge in [0.25, 0.3) is 0 Å². The number of amides is 1. The van der Waals surface area contributed by atoms with Crippen LogP contribution in [0, 0.1) is 5.92 Å². The molecule has 0 saturated carbocycles. The lowest BCUT2D eigenvalue weighted by molar-refractivity contribution is -0.121. The summed E-state index contributed by atoms with van der Waals surface area (Å²) in [4.78, 5) is 16.9. The highest BCUT2D eigenvalue weighted by atomic mass is 16.1. The van der Waals surface area contributed by atoms with E-state index in [0.29, 0.717) is 18.8 Å². The Balaban J connectivity index is 1.79. The fraction of sp³-hybridized carbons (Fsp3) is 0.333. The van der Waals surface area contributed by atoms with Crippen molar-refractivity contribution < 1.29 is 4.79 Å². The first-order valence-electron chi connectivity index (χ1n) is 8.93. The zero-order valence-corrected chi connectivity index (χ0v) is 14.9. The van der Waals surface area contributed by atoms with Gasteiger partial charge in [-0.2, -0.15) is 0 Å². The average molecular weight is 335 g/mol. The summed E-state index contributed by atoms with van der Waals surface area (Å²) in [6.45, 7) is 5.07. The zero-order valence-electron chi connectivity index (χ0n) is 14.9. The number of pyridine rings is 1. The highest BCUT2D eigenvalue weighted by Crippen LogP contribution is 2.25. The summed E-state index contributed by atoms with van der Waals surface area (Å²) in [5, 5.41) is 3.02. The maximum absolute atomic E-state index is 12.2. The molecule has 4 nitrogen and oxygen atoms in total. The molecule has 1 amide bonds. The molecule has 2 aromatic heterocycles. The van der Waals surface area contributed by atoms with E-state index in [1.807, 2.05) is 42.6 Å². The summed E-state index contributed by atoms with van der Waals surface area (Å²) in [6.07, 6.45) is 4.17. The predicted octanol–water partition coefficient (Wildman–Crippen LogP) is 4.10. The molecule has 1 N–H and O–H groups in total. The number of nitrogens with zero attached hydrogens (tertiary/aromatic N) is 2. The van der Waals surface area contributed by atoms with E-state index in [-0.39, 0.29) is 5.91 Å². The quantitative estimate of drug-likeness (QED) is 0.707. The van der Waals surface area contributed by atoms with Crippen LogP contribution in [0.5, 0.6) is 0 Å². The molecule has 0 aliphatic heterocycles. The molecule has 3 aromatic rings. The number of imidazole rings is 1. The second-order valence-electron chi connectivity index (χ2n) is 6.73. The second-order valence-corrected chi connectivity index (χ2v) is 6.73. The average Bonchev–Trinajstić information content (AvgIpc) is 2.99. The van der Waals surface area contributed by atoms with Gasteiger partial charge in [0, 0.05) is 24.7 Å². The van der Waals surface area contributed by atoms with Crippen molar-refractivity contribution in [1.29, 1.82) is 0 Å². The molecule has 0 atom stereocenters. The fourth-order valence-corrected chi connectivity index (χ4v) is 2.93. The monoisotopic (exact) mass is 335 g/mol. The molecular weight excluding hydrogens is 310 g/mol. The standard InChI is InChI=1S/C21H25N3O/c1-16(2)13-14-22-20(25)12-11-18-21(17-8-4-3-5-9-17)23-19-10-6-7-15-24(18)19/h3-10,15-16H,11-14H2,1-2H3,(H,22,25). The van der Waals surface area contributed by atoms with Crippen molar-refractivity contribution in [2.75, 3.05) is 6.54 Å². The molecule has 0 saturated heterocycles. The predicted molar refractivity (Wildman–Crippen MR) is 101 cm³/mol. The lowest BCUT2D eigenvalue weighted by Gasteiger charge is -2.08. The van der Waals surface area contributed by atoms with Crippen LogP contribution in [0.2, 0.25) is 0 Å². The Morgan fingerprint density at radius 3 is 2.64 bits per heavy atom. The van der Waals surface area contributed by atoms with Gasteiger partial charge in [0.1, 0.15) is 5.65 Å². The van der Waals surface area contributed by atoms with Crippen LogP contribution < -0.4 is 5.32 Å². The number of hydrogen-bond acceptors (Lipinski definition) is 2. The van der Waals surface area contributed by atoms with Gasteiger partial charge in [0.15, 0.2) is 0 Å². The molecule has 0 radical (unpaired) electrons. The fourth-order valence-electron chi connectivity index (χ4n) is 2.93. The first kappa shape index (κ1) is 17.2. The van der Waals surface area contributed by atoms with Gasteiger partial charge in [0.05, 0.1) is 11.4 Å². The molecule has 130 valence electrons. The minimum atomic E-state index is 0.102. The van der Waals surface area contributed by atoms with Crippen LogP contribution in [-0.2, 0) is 11.2 Å². The third-order valence-electron chi connectivity index (χ3n) is 4.31. The smallest absolute Gasteiger partial charge is 0.220 e. The Labute approximate surface area is 148 Å². The van der Waals surface area contributed by atoms with Crippen molar-refractivity contribution in [2.24, 2.45) is 5.92 Å².